The molecule has 0 aromatic rings. The Morgan fingerprint density at radius 2 is 1.56 bits per heavy atom. The maximum Gasteiger partial charge on any atom is 0.104 e. The Balaban J connectivity index is 1.57. The van der Waals surface area contributed by atoms with Crippen LogP contribution in [0.2, 0.25) is 0 Å². The van der Waals surface area contributed by atoms with Crippen LogP contribution in [0.15, 0.2) is 0 Å². The van der Waals surface area contributed by atoms with Crippen LogP contribution in [0.3, 0.4) is 0 Å². The lowest BCUT2D eigenvalue weighted by atomic mass is 9.94. The van der Waals surface area contributed by atoms with Gasteiger partial charge in [0.05, 0.1) is 46.2 Å². The summed E-state index contributed by atoms with van der Waals surface area (Å²) in [7, 11) is 0. The molecular weight excluding hydrogens is 212 g/mol. The van der Waals surface area contributed by atoms with Crippen molar-refractivity contribution >= 4 is 0 Å². The van der Waals surface area contributed by atoms with Crippen molar-refractivity contribution in [3.8, 4) is 0 Å². The molecule has 0 aromatic carbocycles. The second kappa shape index (κ2) is 5.42. The molecule has 0 spiro atoms. The third-order valence-corrected chi connectivity index (χ3v) is 2.69. The summed E-state index contributed by atoms with van der Waals surface area (Å²) in [5.41, 5.74) is -0.330. The first kappa shape index (κ1) is 12.3. The summed E-state index contributed by atoms with van der Waals surface area (Å²) in [6.07, 6.45) is 0.535. The molecule has 5 heteroatoms. The van der Waals surface area contributed by atoms with Crippen LogP contribution in [0.4, 0.5) is 0 Å². The van der Waals surface area contributed by atoms with Crippen LogP contribution in [0, 0.1) is 5.41 Å². The minimum atomic E-state index is -0.330. The Kier molecular flexibility index (Phi) is 4.16. The van der Waals surface area contributed by atoms with E-state index in [-0.39, 0.29) is 24.2 Å². The van der Waals surface area contributed by atoms with Gasteiger partial charge in [-0.15, -0.1) is 0 Å². The molecule has 0 saturated carbocycles. The Labute approximate surface area is 95.6 Å². The van der Waals surface area contributed by atoms with E-state index in [1.54, 1.807) is 0 Å². The molecule has 2 atom stereocenters. The van der Waals surface area contributed by atoms with Gasteiger partial charge in [-0.25, -0.2) is 0 Å². The lowest BCUT2D eigenvalue weighted by Crippen LogP contribution is -2.34. The zero-order valence-electron chi connectivity index (χ0n) is 9.68. The second-order valence-corrected chi connectivity index (χ2v) is 4.91. The van der Waals surface area contributed by atoms with Crippen LogP contribution in [0.5, 0.6) is 0 Å². The fraction of sp³-hybridized carbons (Fsp3) is 1.00. The van der Waals surface area contributed by atoms with Crippen LogP contribution >= 0.6 is 0 Å². The van der Waals surface area contributed by atoms with Crippen LogP contribution in [0.1, 0.15) is 6.92 Å². The van der Waals surface area contributed by atoms with E-state index >= 15 is 0 Å². The minimum absolute atomic E-state index is 0.0596. The number of aliphatic hydroxyl groups is 1. The molecule has 0 radical (unpaired) electrons. The maximum absolute atomic E-state index is 9.32. The van der Waals surface area contributed by atoms with Gasteiger partial charge in [-0.3, -0.25) is 0 Å². The molecule has 2 unspecified atom stereocenters. The van der Waals surface area contributed by atoms with Crippen LogP contribution in [-0.2, 0) is 18.9 Å². The number of hydrogen-bond acceptors (Lipinski definition) is 5. The third-order valence-electron chi connectivity index (χ3n) is 2.69. The molecule has 2 aliphatic rings. The molecule has 16 heavy (non-hydrogen) atoms. The van der Waals surface area contributed by atoms with E-state index in [9.17, 15) is 5.11 Å². The highest BCUT2D eigenvalue weighted by molar-refractivity contribution is 4.75. The highest BCUT2D eigenvalue weighted by atomic mass is 16.6. The molecule has 2 heterocycles. The molecule has 2 saturated heterocycles. The highest BCUT2D eigenvalue weighted by Crippen LogP contribution is 2.19. The van der Waals surface area contributed by atoms with Crippen molar-refractivity contribution in [1.82, 2.24) is 0 Å². The average Bonchev–Trinajstić information content (AvgIpc) is 3.12. The Morgan fingerprint density at radius 3 is 1.88 bits per heavy atom. The van der Waals surface area contributed by atoms with Crippen molar-refractivity contribution in [2.24, 2.45) is 5.41 Å². The smallest absolute Gasteiger partial charge is 0.104 e. The second-order valence-electron chi connectivity index (χ2n) is 4.91. The van der Waals surface area contributed by atoms with Crippen LogP contribution in [0.25, 0.3) is 0 Å². The first-order valence-corrected chi connectivity index (χ1v) is 5.71. The molecule has 0 bridgehead atoms. The van der Waals surface area contributed by atoms with Gasteiger partial charge in [-0.05, 0) is 0 Å². The van der Waals surface area contributed by atoms with Gasteiger partial charge >= 0.3 is 0 Å². The van der Waals surface area contributed by atoms with E-state index < -0.39 is 0 Å². The van der Waals surface area contributed by atoms with Gasteiger partial charge in [0.1, 0.15) is 12.2 Å². The molecule has 2 fully saturated rings. The Morgan fingerprint density at radius 1 is 1.12 bits per heavy atom. The molecular formula is C11H20O5. The molecule has 1 N–H and O–H groups in total. The fourth-order valence-electron chi connectivity index (χ4n) is 1.34. The number of ether oxygens (including phenoxy) is 4. The van der Waals surface area contributed by atoms with Gasteiger partial charge in [-0.2, -0.15) is 0 Å². The van der Waals surface area contributed by atoms with Crippen molar-refractivity contribution < 1.29 is 24.1 Å². The number of epoxide rings is 2. The highest BCUT2D eigenvalue weighted by Gasteiger charge is 2.29. The summed E-state index contributed by atoms with van der Waals surface area (Å²) in [5.74, 6) is 0. The lowest BCUT2D eigenvalue weighted by Gasteiger charge is -2.26. The molecule has 2 rings (SSSR count). The van der Waals surface area contributed by atoms with Crippen molar-refractivity contribution in [3.63, 3.8) is 0 Å². The summed E-state index contributed by atoms with van der Waals surface area (Å²) in [6.45, 7) is 5.82. The summed E-state index contributed by atoms with van der Waals surface area (Å²) in [5, 5.41) is 9.32. The Bertz CT molecular complexity index is 194. The molecule has 0 aromatic heterocycles. The van der Waals surface area contributed by atoms with E-state index in [0.29, 0.717) is 26.4 Å². The fourth-order valence-corrected chi connectivity index (χ4v) is 1.34. The van der Waals surface area contributed by atoms with Crippen LogP contribution < -0.4 is 0 Å². The van der Waals surface area contributed by atoms with Gasteiger partial charge in [-0.1, -0.05) is 6.92 Å². The SMILES string of the molecule is CC(CO)(COCC1CO1)COCC1CO1. The van der Waals surface area contributed by atoms with E-state index in [1.165, 1.54) is 0 Å². The van der Waals surface area contributed by atoms with E-state index in [4.69, 9.17) is 18.9 Å². The minimum Gasteiger partial charge on any atom is -0.396 e. The first-order valence-electron chi connectivity index (χ1n) is 5.71. The van der Waals surface area contributed by atoms with Crippen molar-refractivity contribution in [1.29, 1.82) is 0 Å². The number of rotatable bonds is 9. The van der Waals surface area contributed by atoms with E-state index in [0.717, 1.165) is 13.2 Å². The molecule has 0 aliphatic carbocycles. The average molecular weight is 232 g/mol. The molecule has 5 nitrogen and oxygen atoms in total. The predicted molar refractivity (Wildman–Crippen MR) is 56.3 cm³/mol. The predicted octanol–water partition coefficient (Wildman–Crippen LogP) is -0.184. The molecule has 94 valence electrons. The van der Waals surface area contributed by atoms with Crippen molar-refractivity contribution in [2.45, 2.75) is 19.1 Å². The lowest BCUT2D eigenvalue weighted by molar-refractivity contribution is -0.0452. The quantitative estimate of drug-likeness (QED) is 0.558. The number of hydrogen-bond donors (Lipinski definition) is 1. The van der Waals surface area contributed by atoms with Crippen molar-refractivity contribution in [3.05, 3.63) is 0 Å². The van der Waals surface area contributed by atoms with E-state index in [2.05, 4.69) is 0 Å². The van der Waals surface area contributed by atoms with E-state index in [1.807, 2.05) is 6.92 Å². The summed E-state index contributed by atoms with van der Waals surface area (Å²) < 4.78 is 21.1. The molecule has 0 amide bonds. The largest absolute Gasteiger partial charge is 0.396 e. The summed E-state index contributed by atoms with van der Waals surface area (Å²) in [4.78, 5) is 0. The monoisotopic (exact) mass is 232 g/mol. The standard InChI is InChI=1S/C11H20O5/c1-11(6-12,7-13-2-9-4-15-9)8-14-3-10-5-16-10/h9-10,12H,2-8H2,1H3. The van der Waals surface area contributed by atoms with Gasteiger partial charge in [0.2, 0.25) is 0 Å². The van der Waals surface area contributed by atoms with Gasteiger partial charge in [0, 0.05) is 5.41 Å². The molecule has 2 aliphatic heterocycles. The first-order chi connectivity index (χ1) is 7.72. The van der Waals surface area contributed by atoms with Gasteiger partial charge < -0.3 is 24.1 Å². The Hall–Kier alpha value is -0.200. The normalized spacial score (nSPS) is 31.1. The van der Waals surface area contributed by atoms with Gasteiger partial charge in [0.15, 0.2) is 0 Å². The zero-order chi connectivity index (χ0) is 11.4. The zero-order valence-corrected chi connectivity index (χ0v) is 9.68. The third kappa shape index (κ3) is 4.35. The van der Waals surface area contributed by atoms with Crippen LogP contribution in [-0.4, -0.2) is 63.6 Å². The maximum atomic E-state index is 9.32. The van der Waals surface area contributed by atoms with Crippen molar-refractivity contribution in [2.75, 3.05) is 46.2 Å². The summed E-state index contributed by atoms with van der Waals surface area (Å²) >= 11 is 0. The summed E-state index contributed by atoms with van der Waals surface area (Å²) in [6, 6.07) is 0. The topological polar surface area (TPSA) is 63.8 Å². The number of aliphatic hydroxyl groups excluding tert-OH is 1. The van der Waals surface area contributed by atoms with Gasteiger partial charge in [0.25, 0.3) is 0 Å².